The molecule has 0 aromatic heterocycles. The van der Waals surface area contributed by atoms with Crippen LogP contribution in [0.3, 0.4) is 0 Å². The van der Waals surface area contributed by atoms with E-state index in [9.17, 15) is 33.4 Å². The number of anilines is 1. The van der Waals surface area contributed by atoms with Crippen LogP contribution in [0.1, 0.15) is 18.9 Å². The lowest BCUT2D eigenvalue weighted by Crippen LogP contribution is -2.28. The van der Waals surface area contributed by atoms with Crippen molar-refractivity contribution in [2.45, 2.75) is 19.5 Å². The van der Waals surface area contributed by atoms with E-state index >= 15 is 0 Å². The van der Waals surface area contributed by atoms with Crippen LogP contribution in [0.4, 0.5) is 30.2 Å². The molecule has 0 aliphatic carbocycles. The van der Waals surface area contributed by atoms with Gasteiger partial charge in [-0.05, 0) is 12.5 Å². The Morgan fingerprint density at radius 3 is 2.17 bits per heavy atom. The summed E-state index contributed by atoms with van der Waals surface area (Å²) < 4.78 is 39.1. The summed E-state index contributed by atoms with van der Waals surface area (Å²) in [7, 11) is 0. The zero-order chi connectivity index (χ0) is 17.8. The number of hydrogen-bond acceptors (Lipinski definition) is 5. The van der Waals surface area contributed by atoms with E-state index in [4.69, 9.17) is 11.6 Å². The molecule has 0 fully saturated rings. The Morgan fingerprint density at radius 2 is 1.78 bits per heavy atom. The first-order valence-corrected chi connectivity index (χ1v) is 7.02. The van der Waals surface area contributed by atoms with Gasteiger partial charge < -0.3 is 4.90 Å². The molecule has 0 saturated heterocycles. The third-order valence-corrected chi connectivity index (χ3v) is 3.15. The van der Waals surface area contributed by atoms with E-state index in [1.54, 1.807) is 6.92 Å². The van der Waals surface area contributed by atoms with Gasteiger partial charge in [-0.25, -0.2) is 0 Å². The minimum atomic E-state index is -5.01. The summed E-state index contributed by atoms with van der Waals surface area (Å²) in [6, 6.07) is 0.979. The molecule has 0 saturated carbocycles. The Hall–Kier alpha value is -2.10. The van der Waals surface area contributed by atoms with Crippen molar-refractivity contribution in [3.8, 4) is 0 Å². The van der Waals surface area contributed by atoms with E-state index in [0.29, 0.717) is 18.6 Å². The number of nitro benzene ring substituents is 2. The number of nitrogens with zero attached hydrogens (tertiary/aromatic N) is 3. The van der Waals surface area contributed by atoms with Gasteiger partial charge in [-0.2, -0.15) is 13.2 Å². The summed E-state index contributed by atoms with van der Waals surface area (Å²) >= 11 is 5.57. The van der Waals surface area contributed by atoms with E-state index in [1.165, 1.54) is 0 Å². The van der Waals surface area contributed by atoms with E-state index < -0.39 is 38.6 Å². The lowest BCUT2D eigenvalue weighted by Gasteiger charge is -2.23. The average Bonchev–Trinajstić information content (AvgIpc) is 2.44. The molecule has 0 atom stereocenters. The average molecular weight is 356 g/mol. The smallest absolute Gasteiger partial charge is 0.359 e. The SMILES string of the molecule is CCCN(CCCl)c1c([N+](=O)[O-])ccc(C(F)(F)F)c1[N+](=O)[O-]. The van der Waals surface area contributed by atoms with Crippen LogP contribution < -0.4 is 4.90 Å². The molecule has 0 aliphatic rings. The molecule has 1 rings (SSSR count). The summed E-state index contributed by atoms with van der Waals surface area (Å²) in [4.78, 5) is 21.3. The molecule has 0 N–H and O–H groups in total. The predicted octanol–water partition coefficient (Wildman–Crippen LogP) is 3.98. The van der Waals surface area contributed by atoms with Crippen molar-refractivity contribution in [3.63, 3.8) is 0 Å². The summed E-state index contributed by atoms with van der Waals surface area (Å²) in [6.45, 7) is 1.72. The van der Waals surface area contributed by atoms with Crippen LogP contribution in [-0.4, -0.2) is 28.8 Å². The lowest BCUT2D eigenvalue weighted by atomic mass is 10.1. The molecule has 0 aliphatic heterocycles. The second-order valence-corrected chi connectivity index (χ2v) is 4.90. The van der Waals surface area contributed by atoms with Gasteiger partial charge in [-0.3, -0.25) is 20.2 Å². The van der Waals surface area contributed by atoms with Crippen molar-refractivity contribution < 1.29 is 23.0 Å². The molecule has 11 heteroatoms. The van der Waals surface area contributed by atoms with Crippen LogP contribution in [0.2, 0.25) is 0 Å². The summed E-state index contributed by atoms with van der Waals surface area (Å²) in [6.07, 6.45) is -4.59. The fourth-order valence-corrected chi connectivity index (χ4v) is 2.35. The second-order valence-electron chi connectivity index (χ2n) is 4.52. The van der Waals surface area contributed by atoms with E-state index in [2.05, 4.69) is 0 Å². The van der Waals surface area contributed by atoms with Crippen LogP contribution in [-0.2, 0) is 6.18 Å². The van der Waals surface area contributed by atoms with Gasteiger partial charge in [0.05, 0.1) is 9.85 Å². The molecule has 0 unspecified atom stereocenters. The fraction of sp³-hybridized carbons (Fsp3) is 0.500. The molecule has 0 heterocycles. The maximum atomic E-state index is 13.0. The van der Waals surface area contributed by atoms with Gasteiger partial charge >= 0.3 is 11.9 Å². The molecule has 1 aromatic rings. The van der Waals surface area contributed by atoms with Crippen molar-refractivity contribution in [2.24, 2.45) is 0 Å². The van der Waals surface area contributed by atoms with Crippen molar-refractivity contribution >= 4 is 28.7 Å². The van der Waals surface area contributed by atoms with E-state index in [1.807, 2.05) is 0 Å². The highest BCUT2D eigenvalue weighted by Crippen LogP contribution is 2.46. The molecule has 0 bridgehead atoms. The number of benzene rings is 1. The summed E-state index contributed by atoms with van der Waals surface area (Å²) in [5.74, 6) is -0.0510. The standard InChI is InChI=1S/C12H13ClF3N3O4/c1-2-6-17(7-5-13)11-9(18(20)21)4-3-8(12(14,15)16)10(11)19(22)23/h3-4H,2,5-7H2,1H3. The summed E-state index contributed by atoms with van der Waals surface area (Å²) in [5, 5.41) is 22.3. The van der Waals surface area contributed by atoms with Crippen molar-refractivity contribution in [1.82, 2.24) is 0 Å². The normalized spacial score (nSPS) is 11.3. The van der Waals surface area contributed by atoms with E-state index in [-0.39, 0.29) is 19.0 Å². The van der Waals surface area contributed by atoms with E-state index in [0.717, 1.165) is 4.90 Å². The first-order chi connectivity index (χ1) is 10.6. The minimum Gasteiger partial charge on any atom is -0.359 e. The van der Waals surface area contributed by atoms with Gasteiger partial charge in [0.1, 0.15) is 5.56 Å². The largest absolute Gasteiger partial charge is 0.423 e. The van der Waals surface area contributed by atoms with Crippen LogP contribution in [0.25, 0.3) is 0 Å². The summed E-state index contributed by atoms with van der Waals surface area (Å²) in [5.41, 5.74) is -4.29. The van der Waals surface area contributed by atoms with Gasteiger partial charge in [0.25, 0.3) is 5.69 Å². The second kappa shape index (κ2) is 7.44. The monoisotopic (exact) mass is 355 g/mol. The van der Waals surface area contributed by atoms with Crippen LogP contribution in [0, 0.1) is 20.2 Å². The first kappa shape index (κ1) is 18.9. The fourth-order valence-electron chi connectivity index (χ4n) is 2.15. The van der Waals surface area contributed by atoms with Crippen LogP contribution in [0.5, 0.6) is 0 Å². The van der Waals surface area contributed by atoms with Crippen LogP contribution in [0.15, 0.2) is 12.1 Å². The quantitative estimate of drug-likeness (QED) is 0.419. The topological polar surface area (TPSA) is 89.5 Å². The van der Waals surface area contributed by atoms with Gasteiger partial charge in [0.2, 0.25) is 0 Å². The van der Waals surface area contributed by atoms with Gasteiger partial charge in [0, 0.05) is 25.0 Å². The first-order valence-electron chi connectivity index (χ1n) is 6.49. The number of hydrogen-bond donors (Lipinski definition) is 0. The zero-order valence-corrected chi connectivity index (χ0v) is 12.7. The molecule has 7 nitrogen and oxygen atoms in total. The van der Waals surface area contributed by atoms with Gasteiger partial charge in [0.15, 0.2) is 5.69 Å². The Balaban J connectivity index is 3.78. The molecule has 0 spiro atoms. The van der Waals surface area contributed by atoms with Gasteiger partial charge in [-0.15, -0.1) is 11.6 Å². The number of alkyl halides is 4. The zero-order valence-electron chi connectivity index (χ0n) is 12.0. The number of halogens is 4. The molecular formula is C12H13ClF3N3O4. The Kier molecular flexibility index (Phi) is 6.13. The maximum absolute atomic E-state index is 13.0. The Morgan fingerprint density at radius 1 is 1.17 bits per heavy atom. The molecule has 128 valence electrons. The minimum absolute atomic E-state index is 0.0510. The highest BCUT2D eigenvalue weighted by atomic mass is 35.5. The van der Waals surface area contributed by atoms with Gasteiger partial charge in [-0.1, -0.05) is 6.92 Å². The molecule has 1 aromatic carbocycles. The number of nitro groups is 2. The molecule has 23 heavy (non-hydrogen) atoms. The predicted molar refractivity (Wildman–Crippen MR) is 78.0 cm³/mol. The molecule has 0 radical (unpaired) electrons. The van der Waals surface area contributed by atoms with Crippen molar-refractivity contribution in [2.75, 3.05) is 23.9 Å². The number of rotatable bonds is 7. The lowest BCUT2D eigenvalue weighted by molar-refractivity contribution is -0.394. The molecule has 0 amide bonds. The Labute approximate surface area is 133 Å². The Bertz CT molecular complexity index is 604. The molecular weight excluding hydrogens is 343 g/mol. The highest BCUT2D eigenvalue weighted by Gasteiger charge is 2.43. The van der Waals surface area contributed by atoms with Crippen molar-refractivity contribution in [3.05, 3.63) is 37.9 Å². The van der Waals surface area contributed by atoms with Crippen molar-refractivity contribution in [1.29, 1.82) is 0 Å². The third-order valence-electron chi connectivity index (χ3n) is 2.98. The third kappa shape index (κ3) is 4.21. The maximum Gasteiger partial charge on any atom is 0.423 e. The van der Waals surface area contributed by atoms with Crippen LogP contribution >= 0.6 is 11.6 Å². The highest BCUT2D eigenvalue weighted by molar-refractivity contribution is 6.18.